The monoisotopic (exact) mass is 293 g/mol. The van der Waals surface area contributed by atoms with Gasteiger partial charge in [-0.05, 0) is 18.6 Å². The Balaban J connectivity index is 0.00000144. The third-order valence-corrected chi connectivity index (χ3v) is 3.46. The molecule has 1 unspecified atom stereocenters. The van der Waals surface area contributed by atoms with Crippen molar-refractivity contribution in [2.45, 2.75) is 13.0 Å². The second kappa shape index (κ2) is 5.91. The Bertz CT molecular complexity index is 446. The number of hydrogen-bond donors (Lipinski definition) is 2. The summed E-state index contributed by atoms with van der Waals surface area (Å²) in [5.41, 5.74) is 7.82. The SMILES string of the molecule is Cc1ccc(Cl)c(C(N)C2=NCCN2)c1Cl.Cl. The molecule has 1 atom stereocenters. The van der Waals surface area contributed by atoms with Gasteiger partial charge < -0.3 is 11.1 Å². The summed E-state index contributed by atoms with van der Waals surface area (Å²) in [5.74, 6) is 0.759. The zero-order valence-corrected chi connectivity index (χ0v) is 11.7. The van der Waals surface area contributed by atoms with Gasteiger partial charge in [-0.15, -0.1) is 12.4 Å². The first-order valence-corrected chi connectivity index (χ1v) is 5.85. The summed E-state index contributed by atoms with van der Waals surface area (Å²) < 4.78 is 0. The number of nitrogens with one attached hydrogen (secondary N) is 1. The van der Waals surface area contributed by atoms with Gasteiger partial charge in [-0.25, -0.2) is 0 Å². The number of nitrogens with zero attached hydrogens (tertiary/aromatic N) is 1. The lowest BCUT2D eigenvalue weighted by atomic mass is 10.0. The van der Waals surface area contributed by atoms with E-state index in [0.717, 1.165) is 30.1 Å². The van der Waals surface area contributed by atoms with Crippen LogP contribution in [0.15, 0.2) is 17.1 Å². The zero-order chi connectivity index (χ0) is 11.7. The number of aliphatic imine (C=N–C) groups is 1. The molecule has 0 saturated heterocycles. The lowest BCUT2D eigenvalue weighted by Crippen LogP contribution is -2.31. The quantitative estimate of drug-likeness (QED) is 0.881. The van der Waals surface area contributed by atoms with Gasteiger partial charge in [0, 0.05) is 17.1 Å². The van der Waals surface area contributed by atoms with Gasteiger partial charge in [-0.2, -0.15) is 0 Å². The fourth-order valence-corrected chi connectivity index (χ4v) is 2.33. The Morgan fingerprint density at radius 1 is 1.41 bits per heavy atom. The maximum atomic E-state index is 6.22. The van der Waals surface area contributed by atoms with Crippen LogP contribution in [0, 0.1) is 6.92 Å². The highest BCUT2D eigenvalue weighted by Crippen LogP contribution is 2.32. The van der Waals surface area contributed by atoms with Crippen LogP contribution in [-0.4, -0.2) is 18.9 Å². The van der Waals surface area contributed by atoms with Crippen molar-refractivity contribution in [2.75, 3.05) is 13.1 Å². The Labute approximate surface area is 117 Å². The van der Waals surface area contributed by atoms with Crippen molar-refractivity contribution in [1.29, 1.82) is 0 Å². The van der Waals surface area contributed by atoms with Gasteiger partial charge in [-0.1, -0.05) is 29.3 Å². The van der Waals surface area contributed by atoms with Gasteiger partial charge in [0.1, 0.15) is 5.84 Å². The molecule has 3 nitrogen and oxygen atoms in total. The van der Waals surface area contributed by atoms with Crippen molar-refractivity contribution in [3.63, 3.8) is 0 Å². The summed E-state index contributed by atoms with van der Waals surface area (Å²) in [5, 5.41) is 4.34. The molecule has 0 aromatic heterocycles. The number of nitrogens with two attached hydrogens (primary N) is 1. The fraction of sp³-hybridized carbons (Fsp3) is 0.364. The van der Waals surface area contributed by atoms with Crippen LogP contribution in [-0.2, 0) is 0 Å². The number of amidine groups is 1. The Hall–Kier alpha value is -0.480. The van der Waals surface area contributed by atoms with E-state index in [1.165, 1.54) is 0 Å². The van der Waals surface area contributed by atoms with Crippen molar-refractivity contribution in [2.24, 2.45) is 10.7 Å². The Morgan fingerprint density at radius 3 is 2.71 bits per heavy atom. The topological polar surface area (TPSA) is 50.4 Å². The minimum atomic E-state index is -0.373. The summed E-state index contributed by atoms with van der Waals surface area (Å²) >= 11 is 12.4. The smallest absolute Gasteiger partial charge is 0.118 e. The zero-order valence-electron chi connectivity index (χ0n) is 9.34. The lowest BCUT2D eigenvalue weighted by Gasteiger charge is -2.17. The Kier molecular flexibility index (Phi) is 5.07. The average molecular weight is 295 g/mol. The predicted octanol–water partition coefficient (Wildman–Crippen LogP) is 2.73. The summed E-state index contributed by atoms with van der Waals surface area (Å²) in [6, 6.07) is 3.32. The Morgan fingerprint density at radius 2 is 2.12 bits per heavy atom. The lowest BCUT2D eigenvalue weighted by molar-refractivity contribution is 0.893. The van der Waals surface area contributed by atoms with E-state index in [0.29, 0.717) is 10.0 Å². The first kappa shape index (κ1) is 14.6. The summed E-state index contributed by atoms with van der Waals surface area (Å²) in [6.45, 7) is 3.51. The number of hydrogen-bond acceptors (Lipinski definition) is 3. The first-order valence-electron chi connectivity index (χ1n) is 5.09. The molecular formula is C11H14Cl3N3. The van der Waals surface area contributed by atoms with Gasteiger partial charge in [-0.3, -0.25) is 4.99 Å². The largest absolute Gasteiger partial charge is 0.370 e. The minimum Gasteiger partial charge on any atom is -0.370 e. The van der Waals surface area contributed by atoms with Crippen LogP contribution < -0.4 is 11.1 Å². The van der Waals surface area contributed by atoms with E-state index in [-0.39, 0.29) is 18.4 Å². The molecule has 1 aliphatic heterocycles. The predicted molar refractivity (Wildman–Crippen MR) is 75.7 cm³/mol. The van der Waals surface area contributed by atoms with E-state index in [1.54, 1.807) is 0 Å². The maximum Gasteiger partial charge on any atom is 0.118 e. The molecule has 1 aromatic carbocycles. The second-order valence-corrected chi connectivity index (χ2v) is 4.55. The molecule has 0 radical (unpaired) electrons. The molecule has 2 rings (SSSR count). The molecule has 0 saturated carbocycles. The van der Waals surface area contributed by atoms with Crippen LogP contribution in [0.2, 0.25) is 10.0 Å². The van der Waals surface area contributed by atoms with Crippen LogP contribution in [0.1, 0.15) is 17.2 Å². The van der Waals surface area contributed by atoms with E-state index in [9.17, 15) is 0 Å². The first-order chi connectivity index (χ1) is 7.61. The van der Waals surface area contributed by atoms with Gasteiger partial charge in [0.15, 0.2) is 0 Å². The molecule has 1 aliphatic rings. The molecule has 3 N–H and O–H groups in total. The summed E-state index contributed by atoms with van der Waals surface area (Å²) in [7, 11) is 0. The molecule has 1 heterocycles. The molecule has 0 bridgehead atoms. The standard InChI is InChI=1S/C11H13Cl2N3.ClH/c1-6-2-3-7(12)8(9(6)13)10(14)11-15-4-5-16-11;/h2-3,10H,4-5,14H2,1H3,(H,15,16);1H. The summed E-state index contributed by atoms with van der Waals surface area (Å²) in [6.07, 6.45) is 0. The third-order valence-electron chi connectivity index (χ3n) is 2.63. The van der Waals surface area contributed by atoms with Crippen molar-refractivity contribution in [1.82, 2.24) is 5.32 Å². The molecular weight excluding hydrogens is 281 g/mol. The molecule has 6 heteroatoms. The van der Waals surface area contributed by atoms with Gasteiger partial charge in [0.2, 0.25) is 0 Å². The van der Waals surface area contributed by atoms with E-state index >= 15 is 0 Å². The highest BCUT2D eigenvalue weighted by molar-refractivity contribution is 6.37. The molecule has 0 aliphatic carbocycles. The third kappa shape index (κ3) is 2.86. The van der Waals surface area contributed by atoms with E-state index < -0.39 is 0 Å². The van der Waals surface area contributed by atoms with Crippen molar-refractivity contribution in [3.05, 3.63) is 33.3 Å². The highest BCUT2D eigenvalue weighted by Gasteiger charge is 2.22. The second-order valence-electron chi connectivity index (χ2n) is 3.76. The van der Waals surface area contributed by atoms with E-state index in [2.05, 4.69) is 10.3 Å². The highest BCUT2D eigenvalue weighted by atomic mass is 35.5. The molecule has 0 spiro atoms. The molecule has 1 aromatic rings. The molecule has 94 valence electrons. The number of benzene rings is 1. The summed E-state index contributed by atoms with van der Waals surface area (Å²) in [4.78, 5) is 4.29. The van der Waals surface area contributed by atoms with Crippen LogP contribution in [0.3, 0.4) is 0 Å². The number of rotatable bonds is 2. The fourth-order valence-electron chi connectivity index (χ4n) is 1.72. The average Bonchev–Trinajstić information content (AvgIpc) is 2.77. The number of aryl methyl sites for hydroxylation is 1. The van der Waals surface area contributed by atoms with Crippen LogP contribution in [0.5, 0.6) is 0 Å². The van der Waals surface area contributed by atoms with Gasteiger partial charge in [0.25, 0.3) is 0 Å². The molecule has 17 heavy (non-hydrogen) atoms. The number of halogens is 3. The van der Waals surface area contributed by atoms with Crippen LogP contribution in [0.25, 0.3) is 0 Å². The van der Waals surface area contributed by atoms with E-state index in [4.69, 9.17) is 28.9 Å². The molecule has 0 fully saturated rings. The minimum absolute atomic E-state index is 0. The maximum absolute atomic E-state index is 6.22. The van der Waals surface area contributed by atoms with Gasteiger partial charge in [0.05, 0.1) is 17.6 Å². The van der Waals surface area contributed by atoms with Crippen molar-refractivity contribution in [3.8, 4) is 0 Å². The van der Waals surface area contributed by atoms with E-state index in [1.807, 2.05) is 19.1 Å². The van der Waals surface area contributed by atoms with Crippen molar-refractivity contribution < 1.29 is 0 Å². The van der Waals surface area contributed by atoms with Gasteiger partial charge >= 0.3 is 0 Å². The molecule has 0 amide bonds. The van der Waals surface area contributed by atoms with Crippen LogP contribution in [0.4, 0.5) is 0 Å². The normalized spacial score (nSPS) is 15.9. The van der Waals surface area contributed by atoms with Crippen molar-refractivity contribution >= 4 is 41.4 Å². The van der Waals surface area contributed by atoms with Crippen LogP contribution >= 0.6 is 35.6 Å².